The molecule has 4 heteroatoms. The van der Waals surface area contributed by atoms with Gasteiger partial charge in [-0.3, -0.25) is 0 Å². The number of carbonyl (C=O) groups excluding carboxylic acids is 2. The Labute approximate surface area is 154 Å². The minimum atomic E-state index is -0.477. The van der Waals surface area contributed by atoms with Crippen molar-refractivity contribution in [1.82, 2.24) is 0 Å². The van der Waals surface area contributed by atoms with Crippen molar-refractivity contribution in [2.75, 3.05) is 13.2 Å². The molecule has 0 aliphatic carbocycles. The molecule has 0 aliphatic rings. The first-order valence-corrected chi connectivity index (χ1v) is 8.79. The van der Waals surface area contributed by atoms with E-state index in [0.29, 0.717) is 24.0 Å². The van der Waals surface area contributed by atoms with E-state index in [0.717, 1.165) is 11.1 Å². The predicted molar refractivity (Wildman–Crippen MR) is 101 cm³/mol. The summed E-state index contributed by atoms with van der Waals surface area (Å²) in [5, 5.41) is 0. The van der Waals surface area contributed by atoms with E-state index in [4.69, 9.17) is 9.47 Å². The summed E-state index contributed by atoms with van der Waals surface area (Å²) in [6.07, 6.45) is 0.640. The Morgan fingerprint density at radius 3 is 1.31 bits per heavy atom. The molecule has 0 fully saturated rings. The Balaban J connectivity index is 2.47. The second-order valence-corrected chi connectivity index (χ2v) is 5.72. The zero-order valence-electron chi connectivity index (χ0n) is 15.2. The maximum absolute atomic E-state index is 12.6. The van der Waals surface area contributed by atoms with Crippen molar-refractivity contribution in [1.29, 1.82) is 0 Å². The molecular weight excluding hydrogens is 328 g/mol. The van der Waals surface area contributed by atoms with Gasteiger partial charge in [0.1, 0.15) is 0 Å². The summed E-state index contributed by atoms with van der Waals surface area (Å²) in [5.74, 6) is -0.953. The maximum Gasteiger partial charge on any atom is 0.334 e. The molecule has 0 unspecified atom stereocenters. The van der Waals surface area contributed by atoms with Gasteiger partial charge in [-0.2, -0.15) is 0 Å². The van der Waals surface area contributed by atoms with E-state index < -0.39 is 11.9 Å². The standard InChI is InChI=1S/C22H24O4/c1-3-25-21(23)19(15-17-11-7-5-8-12-17)20(22(24)26-4-2)16-18-13-9-6-10-14-18/h5-14H,3-4,15-16H2,1-2H3. The molecule has 2 aromatic rings. The molecule has 0 saturated carbocycles. The van der Waals surface area contributed by atoms with Crippen molar-refractivity contribution < 1.29 is 19.1 Å². The minimum absolute atomic E-state index is 0.249. The Kier molecular flexibility index (Phi) is 7.62. The van der Waals surface area contributed by atoms with E-state index in [9.17, 15) is 9.59 Å². The molecule has 0 N–H and O–H groups in total. The van der Waals surface area contributed by atoms with Crippen LogP contribution in [0.1, 0.15) is 25.0 Å². The monoisotopic (exact) mass is 352 g/mol. The van der Waals surface area contributed by atoms with Gasteiger partial charge < -0.3 is 9.47 Å². The van der Waals surface area contributed by atoms with E-state index in [2.05, 4.69) is 0 Å². The van der Waals surface area contributed by atoms with Gasteiger partial charge >= 0.3 is 11.9 Å². The van der Waals surface area contributed by atoms with E-state index in [1.54, 1.807) is 13.8 Å². The fourth-order valence-corrected chi connectivity index (χ4v) is 2.64. The molecule has 0 heterocycles. The van der Waals surface area contributed by atoms with E-state index >= 15 is 0 Å². The first-order valence-electron chi connectivity index (χ1n) is 8.79. The summed E-state index contributed by atoms with van der Waals surface area (Å²) in [6.45, 7) is 4.00. The molecular formula is C22H24O4. The summed E-state index contributed by atoms with van der Waals surface area (Å²) in [5.41, 5.74) is 2.57. The maximum atomic E-state index is 12.6. The van der Waals surface area contributed by atoms with Gasteiger partial charge in [0.15, 0.2) is 0 Å². The van der Waals surface area contributed by atoms with Gasteiger partial charge in [0, 0.05) is 12.8 Å². The summed E-state index contributed by atoms with van der Waals surface area (Å²) in [7, 11) is 0. The molecule has 0 radical (unpaired) electrons. The minimum Gasteiger partial charge on any atom is -0.463 e. The van der Waals surface area contributed by atoms with Crippen LogP contribution in [0.3, 0.4) is 0 Å². The fraction of sp³-hybridized carbons (Fsp3) is 0.273. The fourth-order valence-electron chi connectivity index (χ4n) is 2.64. The third kappa shape index (κ3) is 5.59. The van der Waals surface area contributed by atoms with Gasteiger partial charge in [-0.1, -0.05) is 60.7 Å². The predicted octanol–water partition coefficient (Wildman–Crippen LogP) is 3.89. The highest BCUT2D eigenvalue weighted by Crippen LogP contribution is 2.20. The summed E-state index contributed by atoms with van der Waals surface area (Å²) >= 11 is 0. The third-order valence-corrected chi connectivity index (χ3v) is 3.86. The topological polar surface area (TPSA) is 52.6 Å². The molecule has 0 atom stereocenters. The second kappa shape index (κ2) is 10.2. The quantitative estimate of drug-likeness (QED) is 0.534. The molecule has 0 amide bonds. The molecule has 0 spiro atoms. The number of carbonyl (C=O) groups is 2. The smallest absolute Gasteiger partial charge is 0.334 e. The zero-order chi connectivity index (χ0) is 18.8. The van der Waals surface area contributed by atoms with Gasteiger partial charge in [0.25, 0.3) is 0 Å². The van der Waals surface area contributed by atoms with Crippen LogP contribution >= 0.6 is 0 Å². The van der Waals surface area contributed by atoms with E-state index in [1.165, 1.54) is 0 Å². The number of benzene rings is 2. The first-order chi connectivity index (χ1) is 12.7. The zero-order valence-corrected chi connectivity index (χ0v) is 15.2. The number of esters is 2. The molecule has 2 aromatic carbocycles. The molecule has 0 aliphatic heterocycles. The average molecular weight is 352 g/mol. The van der Waals surface area contributed by atoms with Crippen LogP contribution in [-0.4, -0.2) is 25.2 Å². The number of hydrogen-bond donors (Lipinski definition) is 0. The summed E-state index contributed by atoms with van der Waals surface area (Å²) < 4.78 is 10.4. The number of rotatable bonds is 8. The van der Waals surface area contributed by atoms with Crippen LogP contribution in [0.5, 0.6) is 0 Å². The molecule has 0 saturated heterocycles. The highest BCUT2D eigenvalue weighted by atomic mass is 16.5. The van der Waals surface area contributed by atoms with Gasteiger partial charge in [-0.25, -0.2) is 9.59 Å². The van der Waals surface area contributed by atoms with Gasteiger partial charge in [0.05, 0.1) is 24.4 Å². The Bertz CT molecular complexity index is 683. The van der Waals surface area contributed by atoms with Crippen LogP contribution in [0, 0.1) is 0 Å². The molecule has 136 valence electrons. The van der Waals surface area contributed by atoms with Gasteiger partial charge in [-0.15, -0.1) is 0 Å². The number of ether oxygens (including phenoxy) is 2. The Morgan fingerprint density at radius 1 is 0.654 bits per heavy atom. The summed E-state index contributed by atoms with van der Waals surface area (Å²) in [4.78, 5) is 25.2. The second-order valence-electron chi connectivity index (χ2n) is 5.72. The average Bonchev–Trinajstić information content (AvgIpc) is 2.66. The molecule has 2 rings (SSSR count). The molecule has 0 bridgehead atoms. The lowest BCUT2D eigenvalue weighted by Crippen LogP contribution is -2.20. The Morgan fingerprint density at radius 2 is 1.00 bits per heavy atom. The van der Waals surface area contributed by atoms with Crippen molar-refractivity contribution in [3.8, 4) is 0 Å². The van der Waals surface area contributed by atoms with Crippen LogP contribution in [0.4, 0.5) is 0 Å². The van der Waals surface area contributed by atoms with Crippen LogP contribution in [0.25, 0.3) is 0 Å². The largest absolute Gasteiger partial charge is 0.463 e. The lowest BCUT2D eigenvalue weighted by atomic mass is 9.95. The molecule has 4 nitrogen and oxygen atoms in total. The van der Waals surface area contributed by atoms with E-state index in [1.807, 2.05) is 60.7 Å². The lowest BCUT2D eigenvalue weighted by Gasteiger charge is -2.14. The SMILES string of the molecule is CCOC(=O)C(Cc1ccccc1)=C(Cc1ccccc1)C(=O)OCC. The van der Waals surface area contributed by atoms with Crippen molar-refractivity contribution in [2.24, 2.45) is 0 Å². The number of hydrogen-bond acceptors (Lipinski definition) is 4. The Hall–Kier alpha value is -2.88. The van der Waals surface area contributed by atoms with Crippen LogP contribution in [0.2, 0.25) is 0 Å². The lowest BCUT2D eigenvalue weighted by molar-refractivity contribution is -0.142. The molecule has 26 heavy (non-hydrogen) atoms. The van der Waals surface area contributed by atoms with Crippen LogP contribution < -0.4 is 0 Å². The van der Waals surface area contributed by atoms with Crippen molar-refractivity contribution in [2.45, 2.75) is 26.7 Å². The van der Waals surface area contributed by atoms with Crippen LogP contribution in [-0.2, 0) is 31.9 Å². The van der Waals surface area contributed by atoms with Gasteiger partial charge in [0.2, 0.25) is 0 Å². The van der Waals surface area contributed by atoms with Crippen molar-refractivity contribution >= 4 is 11.9 Å². The first kappa shape index (κ1) is 19.4. The van der Waals surface area contributed by atoms with E-state index in [-0.39, 0.29) is 13.2 Å². The normalized spacial score (nSPS) is 11.5. The van der Waals surface area contributed by atoms with Gasteiger partial charge in [-0.05, 0) is 25.0 Å². The van der Waals surface area contributed by atoms with Crippen LogP contribution in [0.15, 0.2) is 71.8 Å². The summed E-state index contributed by atoms with van der Waals surface area (Å²) in [6, 6.07) is 19.1. The van der Waals surface area contributed by atoms with Crippen molar-refractivity contribution in [3.05, 3.63) is 82.9 Å². The molecule has 0 aromatic heterocycles. The third-order valence-electron chi connectivity index (χ3n) is 3.86. The highest BCUT2D eigenvalue weighted by molar-refractivity contribution is 6.01. The highest BCUT2D eigenvalue weighted by Gasteiger charge is 2.23. The van der Waals surface area contributed by atoms with Crippen molar-refractivity contribution in [3.63, 3.8) is 0 Å².